The van der Waals surface area contributed by atoms with Crippen molar-refractivity contribution in [1.82, 2.24) is 20.0 Å². The second-order valence-corrected chi connectivity index (χ2v) is 11.8. The molecule has 236 valence electrons. The van der Waals surface area contributed by atoms with E-state index in [-0.39, 0.29) is 23.6 Å². The summed E-state index contributed by atoms with van der Waals surface area (Å²) in [5, 5.41) is 22.0. The number of aromatic hydroxyl groups is 2. The van der Waals surface area contributed by atoms with Gasteiger partial charge in [0.2, 0.25) is 0 Å². The van der Waals surface area contributed by atoms with Crippen LogP contribution in [0.3, 0.4) is 0 Å². The summed E-state index contributed by atoms with van der Waals surface area (Å²) in [6.45, 7) is 2.03. The molecule has 3 N–H and O–H groups in total. The highest BCUT2D eigenvalue weighted by atomic mass is 16.3. The molecule has 5 rings (SSSR count). The van der Waals surface area contributed by atoms with E-state index in [2.05, 4.69) is 5.32 Å². The first kappa shape index (κ1) is 31.6. The molecule has 0 saturated carbocycles. The number of hydrogen-bond donors (Lipinski definition) is 3. The fourth-order valence-electron chi connectivity index (χ4n) is 6.14. The van der Waals surface area contributed by atoms with Crippen LogP contribution in [0.4, 0.5) is 0 Å². The van der Waals surface area contributed by atoms with Gasteiger partial charge in [-0.25, -0.2) is 0 Å². The van der Waals surface area contributed by atoms with Crippen molar-refractivity contribution in [3.63, 3.8) is 0 Å². The lowest BCUT2D eigenvalue weighted by Gasteiger charge is -2.41. The Hall–Kier alpha value is -4.86. The summed E-state index contributed by atoms with van der Waals surface area (Å²) in [6, 6.07) is 23.2. The first-order chi connectivity index (χ1) is 21.8. The first-order valence-electron chi connectivity index (χ1n) is 15.6. The highest BCUT2D eigenvalue weighted by Gasteiger charge is 2.39. The highest BCUT2D eigenvalue weighted by Crippen LogP contribution is 2.21. The summed E-state index contributed by atoms with van der Waals surface area (Å²) in [5.74, 6) is -1.81. The van der Waals surface area contributed by atoms with Crippen LogP contribution in [0, 0.1) is 0 Å². The molecule has 2 aliphatic heterocycles. The summed E-state index contributed by atoms with van der Waals surface area (Å²) in [7, 11) is 0. The van der Waals surface area contributed by atoms with Crippen molar-refractivity contribution >= 4 is 23.6 Å². The molecule has 0 aliphatic carbocycles. The minimum absolute atomic E-state index is 0.129. The van der Waals surface area contributed by atoms with Gasteiger partial charge in [0.05, 0.1) is 6.04 Å². The molecule has 2 fully saturated rings. The molecule has 4 amide bonds. The maximum absolute atomic E-state index is 13.4. The number of unbranched alkanes of at least 4 members (excludes halogenated alkanes) is 1. The average Bonchev–Trinajstić information content (AvgIpc) is 3.05. The number of carbonyl (C=O) groups excluding carboxylic acids is 4. The SMILES string of the molecule is O=C1NC[C@@H](CCCCN2C[C@H](Cc3ccc(O)cc3)N(CCc3ccc(O)cc3)C(=O)C2=O)N(CCc2ccccc2)C1=O. The van der Waals surface area contributed by atoms with Crippen LogP contribution in [-0.2, 0) is 38.4 Å². The van der Waals surface area contributed by atoms with E-state index in [9.17, 15) is 29.4 Å². The molecule has 2 saturated heterocycles. The number of nitrogens with zero attached hydrogens (tertiary/aromatic N) is 3. The zero-order valence-electron chi connectivity index (χ0n) is 25.3. The number of benzene rings is 3. The molecule has 0 aromatic heterocycles. The van der Waals surface area contributed by atoms with Crippen molar-refractivity contribution in [1.29, 1.82) is 0 Å². The van der Waals surface area contributed by atoms with E-state index in [0.717, 1.165) is 23.1 Å². The number of phenolic OH excluding ortho intramolecular Hbond substituents is 2. The quantitative estimate of drug-likeness (QED) is 0.201. The molecular formula is C35H40N4O6. The largest absolute Gasteiger partial charge is 0.508 e. The molecule has 0 unspecified atom stereocenters. The predicted octanol–water partition coefficient (Wildman–Crippen LogP) is 2.66. The maximum atomic E-state index is 13.4. The van der Waals surface area contributed by atoms with Gasteiger partial charge in [0.15, 0.2) is 0 Å². The standard InChI is InChI=1S/C35H40N4O6/c40-30-13-9-26(10-14-30)18-21-39-29(22-27-11-15-31(41)16-12-27)24-37(34(44)35(39)45)19-5-4-8-28-23-36-32(42)33(43)38(28)20-17-25-6-2-1-3-7-25/h1-3,6-7,9-16,28-29,40-41H,4-5,8,17-24H2,(H,36,42)/t28-,29+/m1/s1. The summed E-state index contributed by atoms with van der Waals surface area (Å²) >= 11 is 0. The fourth-order valence-corrected chi connectivity index (χ4v) is 6.14. The van der Waals surface area contributed by atoms with Crippen molar-refractivity contribution < 1.29 is 29.4 Å². The number of phenols is 2. The summed E-state index contributed by atoms with van der Waals surface area (Å²) < 4.78 is 0. The molecule has 10 nitrogen and oxygen atoms in total. The number of rotatable bonds is 13. The normalized spacial score (nSPS) is 18.8. The molecule has 0 radical (unpaired) electrons. The van der Waals surface area contributed by atoms with E-state index in [1.807, 2.05) is 42.5 Å². The Morgan fingerprint density at radius 2 is 1.20 bits per heavy atom. The van der Waals surface area contributed by atoms with Gasteiger partial charge < -0.3 is 30.2 Å². The maximum Gasteiger partial charge on any atom is 0.312 e. The lowest BCUT2D eigenvalue weighted by molar-refractivity contribution is -0.159. The Morgan fingerprint density at radius 3 is 1.84 bits per heavy atom. The van der Waals surface area contributed by atoms with Crippen LogP contribution in [0.5, 0.6) is 11.5 Å². The Morgan fingerprint density at radius 1 is 0.622 bits per heavy atom. The monoisotopic (exact) mass is 612 g/mol. The molecule has 2 aliphatic rings. The summed E-state index contributed by atoms with van der Waals surface area (Å²) in [6.07, 6.45) is 3.79. The van der Waals surface area contributed by atoms with Crippen molar-refractivity contribution in [3.8, 4) is 11.5 Å². The number of hydrogen-bond acceptors (Lipinski definition) is 6. The van der Waals surface area contributed by atoms with Crippen LogP contribution in [0.2, 0.25) is 0 Å². The lowest BCUT2D eigenvalue weighted by atomic mass is 9.99. The molecule has 0 bridgehead atoms. The third-order valence-corrected chi connectivity index (χ3v) is 8.68. The van der Waals surface area contributed by atoms with Gasteiger partial charge in [-0.15, -0.1) is 0 Å². The zero-order chi connectivity index (χ0) is 31.8. The van der Waals surface area contributed by atoms with Crippen LogP contribution < -0.4 is 5.32 Å². The van der Waals surface area contributed by atoms with Crippen LogP contribution >= 0.6 is 0 Å². The topological polar surface area (TPSA) is 130 Å². The Labute approximate surface area is 263 Å². The van der Waals surface area contributed by atoms with Gasteiger partial charge in [-0.2, -0.15) is 0 Å². The van der Waals surface area contributed by atoms with E-state index in [0.29, 0.717) is 64.8 Å². The van der Waals surface area contributed by atoms with E-state index >= 15 is 0 Å². The van der Waals surface area contributed by atoms with Crippen molar-refractivity contribution in [2.24, 2.45) is 0 Å². The van der Waals surface area contributed by atoms with E-state index in [4.69, 9.17) is 0 Å². The second-order valence-electron chi connectivity index (χ2n) is 11.8. The smallest absolute Gasteiger partial charge is 0.312 e. The van der Waals surface area contributed by atoms with E-state index in [1.54, 1.807) is 51.1 Å². The van der Waals surface area contributed by atoms with Gasteiger partial charge in [0.25, 0.3) is 0 Å². The Bertz CT molecular complexity index is 1480. The van der Waals surface area contributed by atoms with Gasteiger partial charge in [0, 0.05) is 38.8 Å². The second kappa shape index (κ2) is 14.7. The Kier molecular flexibility index (Phi) is 10.3. The van der Waals surface area contributed by atoms with Gasteiger partial charge in [0.1, 0.15) is 11.5 Å². The van der Waals surface area contributed by atoms with Gasteiger partial charge in [-0.3, -0.25) is 19.2 Å². The number of carbonyl (C=O) groups is 4. The number of amides is 4. The lowest BCUT2D eigenvalue weighted by Crippen LogP contribution is -2.60. The van der Waals surface area contributed by atoms with Crippen LogP contribution in [0.1, 0.15) is 36.0 Å². The third-order valence-electron chi connectivity index (χ3n) is 8.68. The summed E-state index contributed by atoms with van der Waals surface area (Å²) in [5.41, 5.74) is 3.01. The van der Waals surface area contributed by atoms with E-state index in [1.165, 1.54) is 0 Å². The van der Waals surface area contributed by atoms with Crippen molar-refractivity contribution in [2.45, 2.75) is 50.6 Å². The predicted molar refractivity (Wildman–Crippen MR) is 168 cm³/mol. The minimum atomic E-state index is -0.577. The third kappa shape index (κ3) is 8.20. The zero-order valence-corrected chi connectivity index (χ0v) is 25.3. The molecule has 3 aromatic rings. The van der Waals surface area contributed by atoms with Crippen LogP contribution in [0.15, 0.2) is 78.9 Å². The minimum Gasteiger partial charge on any atom is -0.508 e. The fraction of sp³-hybridized carbons (Fsp3) is 0.371. The molecule has 3 aromatic carbocycles. The van der Waals surface area contributed by atoms with Crippen molar-refractivity contribution in [3.05, 3.63) is 95.6 Å². The van der Waals surface area contributed by atoms with Gasteiger partial charge in [-0.05, 0) is 79.5 Å². The van der Waals surface area contributed by atoms with Gasteiger partial charge in [-0.1, -0.05) is 54.6 Å². The number of nitrogens with one attached hydrogen (secondary N) is 1. The van der Waals surface area contributed by atoms with Gasteiger partial charge >= 0.3 is 23.6 Å². The molecular weight excluding hydrogens is 572 g/mol. The molecule has 45 heavy (non-hydrogen) atoms. The highest BCUT2D eigenvalue weighted by molar-refractivity contribution is 6.36. The molecule has 2 heterocycles. The molecule has 10 heteroatoms. The van der Waals surface area contributed by atoms with Crippen molar-refractivity contribution in [2.75, 3.05) is 32.7 Å². The summed E-state index contributed by atoms with van der Waals surface area (Å²) in [4.78, 5) is 56.4. The Balaban J connectivity index is 1.19. The van der Waals surface area contributed by atoms with E-state index < -0.39 is 23.6 Å². The van der Waals surface area contributed by atoms with Crippen LogP contribution in [0.25, 0.3) is 0 Å². The number of piperazine rings is 2. The first-order valence-corrected chi connectivity index (χ1v) is 15.6. The molecule has 2 atom stereocenters. The average molecular weight is 613 g/mol. The van der Waals surface area contributed by atoms with Crippen LogP contribution in [-0.4, -0.2) is 93.3 Å². The molecule has 0 spiro atoms.